The van der Waals surface area contributed by atoms with E-state index in [1.54, 1.807) is 12.1 Å². The van der Waals surface area contributed by atoms with Crippen LogP contribution in [0.3, 0.4) is 0 Å². The van der Waals surface area contributed by atoms with Crippen molar-refractivity contribution >= 4 is 28.9 Å². The number of aromatic carboxylic acids is 1. The van der Waals surface area contributed by atoms with Crippen molar-refractivity contribution in [3.05, 3.63) is 58.6 Å². The minimum Gasteiger partial charge on any atom is -0.478 e. The molecule has 0 fully saturated rings. The maximum absolute atomic E-state index is 11.1. The van der Waals surface area contributed by atoms with Crippen molar-refractivity contribution < 1.29 is 9.90 Å². The third kappa shape index (κ3) is 3.28. The number of nitrogens with two attached hydrogens (primary N) is 1. The van der Waals surface area contributed by atoms with E-state index in [0.717, 1.165) is 5.56 Å². The quantitative estimate of drug-likeness (QED) is 0.843. The van der Waals surface area contributed by atoms with Gasteiger partial charge >= 0.3 is 5.97 Å². The fourth-order valence-corrected chi connectivity index (χ4v) is 2.28. The van der Waals surface area contributed by atoms with Gasteiger partial charge in [-0.25, -0.2) is 4.79 Å². The number of nitrogens with zero attached hydrogens (tertiary/aromatic N) is 1. The highest BCUT2D eigenvalue weighted by molar-refractivity contribution is 6.30. The van der Waals surface area contributed by atoms with E-state index >= 15 is 0 Å². The predicted octanol–water partition coefficient (Wildman–Crippen LogP) is 3.82. The molecule has 21 heavy (non-hydrogen) atoms. The number of halogens is 1. The Morgan fingerprint density at radius 3 is 2.43 bits per heavy atom. The Bertz CT molecular complexity index is 656. The number of rotatable bonds is 4. The first-order valence-corrected chi connectivity index (χ1v) is 6.89. The van der Waals surface area contributed by atoms with E-state index in [0.29, 0.717) is 16.4 Å². The van der Waals surface area contributed by atoms with Crippen LogP contribution in [0.4, 0.5) is 11.4 Å². The van der Waals surface area contributed by atoms with Crippen molar-refractivity contribution in [1.82, 2.24) is 0 Å². The molecule has 2 rings (SSSR count). The summed E-state index contributed by atoms with van der Waals surface area (Å²) in [5.74, 6) is -0.969. The van der Waals surface area contributed by atoms with Gasteiger partial charge in [-0.3, -0.25) is 0 Å². The molecular formula is C16H17ClN2O2. The van der Waals surface area contributed by atoms with Crippen molar-refractivity contribution in [2.75, 3.05) is 17.7 Å². The lowest BCUT2D eigenvalue weighted by atomic mass is 10.1. The van der Waals surface area contributed by atoms with Crippen LogP contribution in [0.5, 0.6) is 0 Å². The summed E-state index contributed by atoms with van der Waals surface area (Å²) in [7, 11) is 1.89. The van der Waals surface area contributed by atoms with E-state index in [-0.39, 0.29) is 11.6 Å². The van der Waals surface area contributed by atoms with E-state index in [1.165, 1.54) is 6.07 Å². The summed E-state index contributed by atoms with van der Waals surface area (Å²) in [6.07, 6.45) is 0. The Morgan fingerprint density at radius 2 is 1.86 bits per heavy atom. The second-order valence-electron chi connectivity index (χ2n) is 4.92. The predicted molar refractivity (Wildman–Crippen MR) is 86.1 cm³/mol. The third-order valence-corrected chi connectivity index (χ3v) is 3.84. The Kier molecular flexibility index (Phi) is 4.38. The van der Waals surface area contributed by atoms with Gasteiger partial charge in [0.25, 0.3) is 0 Å². The van der Waals surface area contributed by atoms with E-state index in [4.69, 9.17) is 22.4 Å². The molecular weight excluding hydrogens is 288 g/mol. The van der Waals surface area contributed by atoms with Crippen LogP contribution in [-0.2, 0) is 0 Å². The molecule has 0 amide bonds. The van der Waals surface area contributed by atoms with E-state index < -0.39 is 5.97 Å². The minimum atomic E-state index is -0.969. The molecule has 1 atom stereocenters. The van der Waals surface area contributed by atoms with Gasteiger partial charge in [-0.05, 0) is 42.8 Å². The summed E-state index contributed by atoms with van der Waals surface area (Å²) < 4.78 is 0. The average Bonchev–Trinajstić information content (AvgIpc) is 2.47. The average molecular weight is 305 g/mol. The van der Waals surface area contributed by atoms with Crippen LogP contribution in [0.1, 0.15) is 28.9 Å². The number of carboxylic acids is 1. The van der Waals surface area contributed by atoms with Crippen molar-refractivity contribution in [3.8, 4) is 0 Å². The van der Waals surface area contributed by atoms with E-state index in [1.807, 2.05) is 43.1 Å². The molecule has 0 radical (unpaired) electrons. The van der Waals surface area contributed by atoms with Gasteiger partial charge in [0.05, 0.1) is 23.0 Å². The highest BCUT2D eigenvalue weighted by atomic mass is 35.5. The normalized spacial score (nSPS) is 12.0. The third-order valence-electron chi connectivity index (χ3n) is 3.59. The molecule has 2 aromatic carbocycles. The first-order chi connectivity index (χ1) is 9.90. The highest BCUT2D eigenvalue weighted by Gasteiger charge is 2.16. The first kappa shape index (κ1) is 15.2. The summed E-state index contributed by atoms with van der Waals surface area (Å²) in [6, 6.07) is 12.3. The fourth-order valence-electron chi connectivity index (χ4n) is 2.16. The molecule has 0 heterocycles. The molecule has 1 unspecified atom stereocenters. The van der Waals surface area contributed by atoms with Crippen LogP contribution < -0.4 is 10.6 Å². The minimum absolute atomic E-state index is 0.0358. The SMILES string of the molecule is CC(c1ccc(Cl)cc1)N(C)c1cc(C(=O)O)ccc1N. The zero-order valence-electron chi connectivity index (χ0n) is 11.9. The van der Waals surface area contributed by atoms with Crippen LogP contribution in [-0.4, -0.2) is 18.1 Å². The maximum atomic E-state index is 11.1. The smallest absolute Gasteiger partial charge is 0.335 e. The zero-order chi connectivity index (χ0) is 15.6. The number of carboxylic acid groups (broad SMARTS) is 1. The van der Waals surface area contributed by atoms with Crippen LogP contribution in [0, 0.1) is 0 Å². The lowest BCUT2D eigenvalue weighted by Crippen LogP contribution is -2.23. The number of nitrogen functional groups attached to an aromatic ring is 1. The van der Waals surface area contributed by atoms with Gasteiger partial charge in [-0.15, -0.1) is 0 Å². The van der Waals surface area contributed by atoms with Crippen molar-refractivity contribution in [2.45, 2.75) is 13.0 Å². The lowest BCUT2D eigenvalue weighted by molar-refractivity contribution is 0.0697. The number of anilines is 2. The summed E-state index contributed by atoms with van der Waals surface area (Å²) >= 11 is 5.89. The van der Waals surface area contributed by atoms with Gasteiger partial charge in [0.2, 0.25) is 0 Å². The number of benzene rings is 2. The molecule has 3 N–H and O–H groups in total. The molecule has 0 saturated heterocycles. The zero-order valence-corrected chi connectivity index (χ0v) is 12.6. The molecule has 0 aliphatic rings. The van der Waals surface area contributed by atoms with Gasteiger partial charge < -0.3 is 15.7 Å². The van der Waals surface area contributed by atoms with Gasteiger partial charge in [0, 0.05) is 12.1 Å². The Balaban J connectivity index is 2.34. The number of hydrogen-bond donors (Lipinski definition) is 2. The molecule has 0 aliphatic carbocycles. The Morgan fingerprint density at radius 1 is 1.24 bits per heavy atom. The fraction of sp³-hybridized carbons (Fsp3) is 0.188. The lowest BCUT2D eigenvalue weighted by Gasteiger charge is -2.29. The summed E-state index contributed by atoms with van der Waals surface area (Å²) in [6.45, 7) is 2.02. The van der Waals surface area contributed by atoms with Gasteiger partial charge in [0.1, 0.15) is 0 Å². The second kappa shape index (κ2) is 6.06. The summed E-state index contributed by atoms with van der Waals surface area (Å²) in [4.78, 5) is 13.0. The largest absolute Gasteiger partial charge is 0.478 e. The molecule has 110 valence electrons. The first-order valence-electron chi connectivity index (χ1n) is 6.51. The molecule has 4 nitrogen and oxygen atoms in total. The van der Waals surface area contributed by atoms with E-state index in [2.05, 4.69) is 0 Å². The summed E-state index contributed by atoms with van der Waals surface area (Å²) in [5.41, 5.74) is 8.50. The van der Waals surface area contributed by atoms with Crippen LogP contribution in [0.15, 0.2) is 42.5 Å². The van der Waals surface area contributed by atoms with Crippen LogP contribution in [0.25, 0.3) is 0 Å². The monoisotopic (exact) mass is 304 g/mol. The van der Waals surface area contributed by atoms with E-state index in [9.17, 15) is 4.79 Å². The molecule has 0 spiro atoms. The number of carbonyl (C=O) groups is 1. The molecule has 2 aromatic rings. The molecule has 5 heteroatoms. The van der Waals surface area contributed by atoms with Gasteiger partial charge in [-0.2, -0.15) is 0 Å². The molecule has 0 bridgehead atoms. The van der Waals surface area contributed by atoms with Gasteiger partial charge in [0.15, 0.2) is 0 Å². The van der Waals surface area contributed by atoms with Crippen molar-refractivity contribution in [3.63, 3.8) is 0 Å². The second-order valence-corrected chi connectivity index (χ2v) is 5.35. The van der Waals surface area contributed by atoms with Crippen LogP contribution >= 0.6 is 11.6 Å². The topological polar surface area (TPSA) is 66.6 Å². The van der Waals surface area contributed by atoms with Crippen molar-refractivity contribution in [2.24, 2.45) is 0 Å². The Labute approximate surface area is 128 Å². The number of hydrogen-bond acceptors (Lipinski definition) is 3. The van der Waals surface area contributed by atoms with Gasteiger partial charge in [-0.1, -0.05) is 23.7 Å². The molecule has 0 aliphatic heterocycles. The molecule has 0 saturated carbocycles. The van der Waals surface area contributed by atoms with Crippen LogP contribution in [0.2, 0.25) is 5.02 Å². The Hall–Kier alpha value is -2.20. The maximum Gasteiger partial charge on any atom is 0.335 e. The molecule has 0 aromatic heterocycles. The standard InChI is InChI=1S/C16H17ClN2O2/c1-10(11-3-6-13(17)7-4-11)19(2)15-9-12(16(20)21)5-8-14(15)18/h3-10H,18H2,1-2H3,(H,20,21). The summed E-state index contributed by atoms with van der Waals surface area (Å²) in [5, 5.41) is 9.78. The van der Waals surface area contributed by atoms with Crippen molar-refractivity contribution in [1.29, 1.82) is 0 Å². The highest BCUT2D eigenvalue weighted by Crippen LogP contribution is 2.31.